The van der Waals surface area contributed by atoms with Gasteiger partial charge in [0.2, 0.25) is 5.91 Å². The van der Waals surface area contributed by atoms with Gasteiger partial charge in [0.25, 0.3) is 5.56 Å². The van der Waals surface area contributed by atoms with E-state index in [0.29, 0.717) is 33.5 Å². The lowest BCUT2D eigenvalue weighted by molar-refractivity contribution is -0.127. The summed E-state index contributed by atoms with van der Waals surface area (Å²) in [5, 5.41) is 1.13. The summed E-state index contributed by atoms with van der Waals surface area (Å²) < 4.78 is 8.10. The van der Waals surface area contributed by atoms with E-state index in [1.54, 1.807) is 22.6 Å². The number of fused-ring (bicyclic) bond motifs is 1. The van der Waals surface area contributed by atoms with Crippen LogP contribution < -0.4 is 5.56 Å². The van der Waals surface area contributed by atoms with Crippen molar-refractivity contribution in [2.75, 3.05) is 19.4 Å². The Balaban J connectivity index is 1.53. The Morgan fingerprint density at radius 1 is 1.37 bits per heavy atom. The molecule has 1 atom stereocenters. The molecule has 1 aliphatic heterocycles. The third-order valence-corrected chi connectivity index (χ3v) is 7.19. The Labute approximate surface area is 187 Å². The highest BCUT2D eigenvalue weighted by molar-refractivity contribution is 7.99. The van der Waals surface area contributed by atoms with Crippen molar-refractivity contribution in [2.45, 2.75) is 37.2 Å². The quantitative estimate of drug-likeness (QED) is 0.391. The van der Waals surface area contributed by atoms with Crippen LogP contribution in [0.3, 0.4) is 0 Å². The lowest BCUT2D eigenvalue weighted by atomic mass is 10.2. The second-order valence-corrected chi connectivity index (χ2v) is 9.95. The van der Waals surface area contributed by atoms with E-state index < -0.39 is 0 Å². The molecular weight excluding hydrogens is 442 g/mol. The molecule has 4 rings (SSSR count). The van der Waals surface area contributed by atoms with Crippen LogP contribution in [-0.2, 0) is 22.6 Å². The number of thioether (sulfide) groups is 1. The number of carbonyl (C=O) groups excluding carboxylic acids is 1. The van der Waals surface area contributed by atoms with E-state index in [1.807, 2.05) is 30.3 Å². The van der Waals surface area contributed by atoms with Gasteiger partial charge in [0, 0.05) is 18.5 Å². The Hall–Kier alpha value is -1.87. The number of hydrogen-bond donors (Lipinski definition) is 0. The Morgan fingerprint density at radius 2 is 2.20 bits per heavy atom. The predicted octanol–water partition coefficient (Wildman–Crippen LogP) is 4.04. The minimum atomic E-state index is -0.0902. The molecule has 0 spiro atoms. The summed E-state index contributed by atoms with van der Waals surface area (Å²) in [6, 6.07) is 11.1. The number of thiophene rings is 1. The number of hydrogen-bond acceptors (Lipinski definition) is 6. The second-order valence-electron chi connectivity index (χ2n) is 7.21. The van der Waals surface area contributed by atoms with Gasteiger partial charge in [0.05, 0.1) is 40.2 Å². The lowest BCUT2D eigenvalue weighted by Gasteiger charge is -2.18. The van der Waals surface area contributed by atoms with Crippen molar-refractivity contribution in [3.63, 3.8) is 0 Å². The number of ether oxygens (including phenoxy) is 1. The zero-order chi connectivity index (χ0) is 21.1. The SMILES string of the molecule is CN(Cc1ccc(Cl)s1)C(=O)CSc1nc2ccccc2c(=O)n1C[C@H]1CCCO1. The molecule has 3 heterocycles. The highest BCUT2D eigenvalue weighted by Crippen LogP contribution is 2.24. The largest absolute Gasteiger partial charge is 0.376 e. The highest BCUT2D eigenvalue weighted by Gasteiger charge is 2.21. The topological polar surface area (TPSA) is 64.4 Å². The maximum atomic E-state index is 13.1. The standard InChI is InChI=1S/C21H22ClN3O3S2/c1-24(12-15-8-9-18(22)30-15)19(26)13-29-21-23-17-7-3-2-6-16(17)20(27)25(21)11-14-5-4-10-28-14/h2-3,6-9,14H,4-5,10-13H2,1H3/t14-/m1/s1. The molecule has 1 amide bonds. The highest BCUT2D eigenvalue weighted by atomic mass is 35.5. The van der Waals surface area contributed by atoms with Crippen molar-refractivity contribution >= 4 is 51.5 Å². The average Bonchev–Trinajstić information content (AvgIpc) is 3.40. The van der Waals surface area contributed by atoms with E-state index in [-0.39, 0.29) is 23.3 Å². The molecule has 0 unspecified atom stereocenters. The van der Waals surface area contributed by atoms with Crippen LogP contribution in [0.2, 0.25) is 4.34 Å². The zero-order valence-electron chi connectivity index (χ0n) is 16.5. The monoisotopic (exact) mass is 463 g/mol. The molecule has 158 valence electrons. The van der Waals surface area contributed by atoms with Crippen LogP contribution in [0.4, 0.5) is 0 Å². The predicted molar refractivity (Wildman–Crippen MR) is 122 cm³/mol. The Bertz CT molecular complexity index is 1110. The number of amides is 1. The van der Waals surface area contributed by atoms with Crippen molar-refractivity contribution in [3.05, 3.63) is 56.0 Å². The van der Waals surface area contributed by atoms with Gasteiger partial charge in [-0.2, -0.15) is 0 Å². The van der Waals surface area contributed by atoms with Crippen molar-refractivity contribution in [1.82, 2.24) is 14.5 Å². The molecule has 1 aliphatic rings. The van der Waals surface area contributed by atoms with Crippen LogP contribution in [-0.4, -0.2) is 45.9 Å². The van der Waals surface area contributed by atoms with Crippen LogP contribution in [0, 0.1) is 0 Å². The molecule has 30 heavy (non-hydrogen) atoms. The molecule has 0 radical (unpaired) electrons. The summed E-state index contributed by atoms with van der Waals surface area (Å²) >= 11 is 8.73. The maximum Gasteiger partial charge on any atom is 0.262 e. The van der Waals surface area contributed by atoms with Crippen molar-refractivity contribution in [2.24, 2.45) is 0 Å². The molecule has 0 bridgehead atoms. The third kappa shape index (κ3) is 4.88. The Morgan fingerprint density at radius 3 is 2.93 bits per heavy atom. The fraction of sp³-hybridized carbons (Fsp3) is 0.381. The summed E-state index contributed by atoms with van der Waals surface area (Å²) in [5.74, 6) is 0.168. The van der Waals surface area contributed by atoms with Gasteiger partial charge in [-0.25, -0.2) is 4.98 Å². The second kappa shape index (κ2) is 9.51. The Kier molecular flexibility index (Phi) is 6.77. The number of carbonyl (C=O) groups is 1. The maximum absolute atomic E-state index is 13.1. The minimum Gasteiger partial charge on any atom is -0.376 e. The third-order valence-electron chi connectivity index (χ3n) is 5.01. The van der Waals surface area contributed by atoms with E-state index in [1.165, 1.54) is 23.1 Å². The van der Waals surface area contributed by atoms with Gasteiger partial charge >= 0.3 is 0 Å². The number of nitrogens with zero attached hydrogens (tertiary/aromatic N) is 3. The van der Waals surface area contributed by atoms with E-state index in [0.717, 1.165) is 24.3 Å². The number of para-hydroxylation sites is 1. The van der Waals surface area contributed by atoms with Crippen LogP contribution >= 0.6 is 34.7 Å². The summed E-state index contributed by atoms with van der Waals surface area (Å²) in [5.41, 5.74) is 0.551. The van der Waals surface area contributed by atoms with Crippen molar-refractivity contribution in [1.29, 1.82) is 0 Å². The first-order chi connectivity index (χ1) is 14.5. The molecule has 1 aromatic carbocycles. The van der Waals surface area contributed by atoms with Crippen LogP contribution in [0.5, 0.6) is 0 Å². The molecule has 3 aromatic rings. The number of rotatable bonds is 7. The number of halogens is 1. The van der Waals surface area contributed by atoms with Crippen molar-refractivity contribution < 1.29 is 9.53 Å². The summed E-state index contributed by atoms with van der Waals surface area (Å²) in [6.07, 6.45) is 1.93. The fourth-order valence-corrected chi connectivity index (χ4v) is 5.50. The molecule has 0 saturated carbocycles. The van der Waals surface area contributed by atoms with E-state index in [2.05, 4.69) is 4.98 Å². The molecule has 0 aliphatic carbocycles. The lowest BCUT2D eigenvalue weighted by Crippen LogP contribution is -2.30. The van der Waals surface area contributed by atoms with Gasteiger partial charge in [-0.05, 0) is 37.1 Å². The van der Waals surface area contributed by atoms with Gasteiger partial charge in [0.15, 0.2) is 5.16 Å². The molecule has 0 N–H and O–H groups in total. The molecule has 6 nitrogen and oxygen atoms in total. The molecule has 9 heteroatoms. The molecule has 1 fully saturated rings. The van der Waals surface area contributed by atoms with Gasteiger partial charge in [0.1, 0.15) is 0 Å². The summed E-state index contributed by atoms with van der Waals surface area (Å²) in [4.78, 5) is 33.1. The normalized spacial score (nSPS) is 16.3. The number of aromatic nitrogens is 2. The average molecular weight is 464 g/mol. The fourth-order valence-electron chi connectivity index (χ4n) is 3.41. The smallest absolute Gasteiger partial charge is 0.262 e. The van der Waals surface area contributed by atoms with E-state index in [4.69, 9.17) is 16.3 Å². The van der Waals surface area contributed by atoms with Gasteiger partial charge in [-0.1, -0.05) is 35.5 Å². The first kappa shape index (κ1) is 21.4. The van der Waals surface area contributed by atoms with Crippen LogP contribution in [0.15, 0.2) is 46.3 Å². The molecule has 1 saturated heterocycles. The van der Waals surface area contributed by atoms with Crippen LogP contribution in [0.25, 0.3) is 10.9 Å². The first-order valence-corrected chi connectivity index (χ1v) is 11.9. The van der Waals surface area contributed by atoms with E-state index >= 15 is 0 Å². The van der Waals surface area contributed by atoms with Gasteiger partial charge < -0.3 is 9.64 Å². The first-order valence-electron chi connectivity index (χ1n) is 9.73. The van der Waals surface area contributed by atoms with E-state index in [9.17, 15) is 9.59 Å². The summed E-state index contributed by atoms with van der Waals surface area (Å²) in [6.45, 7) is 1.68. The van der Waals surface area contributed by atoms with Crippen molar-refractivity contribution in [3.8, 4) is 0 Å². The minimum absolute atomic E-state index is 0.00645. The molecule has 2 aromatic heterocycles. The van der Waals surface area contributed by atoms with Gasteiger partial charge in [-0.3, -0.25) is 14.2 Å². The summed E-state index contributed by atoms with van der Waals surface area (Å²) in [7, 11) is 1.77. The van der Waals surface area contributed by atoms with Crippen LogP contribution in [0.1, 0.15) is 17.7 Å². The molecular formula is C21H22ClN3O3S2. The number of benzene rings is 1. The zero-order valence-corrected chi connectivity index (χ0v) is 18.9. The van der Waals surface area contributed by atoms with Gasteiger partial charge in [-0.15, -0.1) is 11.3 Å².